The second kappa shape index (κ2) is 4.97. The van der Waals surface area contributed by atoms with Crippen molar-refractivity contribution in [1.29, 1.82) is 0 Å². The molecule has 0 spiro atoms. The fourth-order valence-electron chi connectivity index (χ4n) is 1.09. The van der Waals surface area contributed by atoms with E-state index >= 15 is 0 Å². The first kappa shape index (κ1) is 9.31. The van der Waals surface area contributed by atoms with Crippen molar-refractivity contribution in [1.82, 2.24) is 5.32 Å². The summed E-state index contributed by atoms with van der Waals surface area (Å²) in [5, 5.41) is 5.32. The molecule has 0 fully saturated rings. The van der Waals surface area contributed by atoms with Gasteiger partial charge >= 0.3 is 0 Å². The molecule has 2 heteroatoms. The van der Waals surface area contributed by atoms with Crippen molar-refractivity contribution in [2.24, 2.45) is 0 Å². The minimum Gasteiger partial charge on any atom is -0.301 e. The molecule has 0 aliphatic carbocycles. The number of aryl methyl sites for hydroxylation is 1. The molecule has 0 aliphatic heterocycles. The van der Waals surface area contributed by atoms with Crippen LogP contribution < -0.4 is 5.32 Å². The molecule has 0 radical (unpaired) electrons. The summed E-state index contributed by atoms with van der Waals surface area (Å²) in [5.74, 6) is 2.56. The Labute approximate surface area is 77.8 Å². The van der Waals surface area contributed by atoms with Crippen molar-refractivity contribution in [3.63, 3.8) is 0 Å². The minimum atomic E-state index is 0.654. The topological polar surface area (TPSA) is 12.0 Å². The van der Waals surface area contributed by atoms with Gasteiger partial charge in [0.05, 0.1) is 6.54 Å². The molecule has 0 aromatic carbocycles. The summed E-state index contributed by atoms with van der Waals surface area (Å²) >= 11 is 1.79. The van der Waals surface area contributed by atoms with E-state index in [9.17, 15) is 0 Å². The van der Waals surface area contributed by atoms with Crippen molar-refractivity contribution in [2.45, 2.75) is 19.9 Å². The normalized spacial score (nSPS) is 9.67. The second-order valence-electron chi connectivity index (χ2n) is 2.53. The third-order valence-electron chi connectivity index (χ3n) is 1.73. The molecule has 0 bridgehead atoms. The quantitative estimate of drug-likeness (QED) is 0.551. The number of nitrogens with one attached hydrogen (secondary N) is 1. The van der Waals surface area contributed by atoms with Crippen LogP contribution in [-0.2, 0) is 13.0 Å². The van der Waals surface area contributed by atoms with E-state index in [0.29, 0.717) is 6.54 Å². The Morgan fingerprint density at radius 1 is 1.67 bits per heavy atom. The van der Waals surface area contributed by atoms with Crippen molar-refractivity contribution >= 4 is 11.3 Å². The van der Waals surface area contributed by atoms with Crippen LogP contribution in [0.5, 0.6) is 0 Å². The summed E-state index contributed by atoms with van der Waals surface area (Å²) < 4.78 is 0. The van der Waals surface area contributed by atoms with E-state index in [1.54, 1.807) is 11.3 Å². The number of thiophene rings is 1. The van der Waals surface area contributed by atoms with Crippen LogP contribution in [0.15, 0.2) is 11.4 Å². The molecule has 0 amide bonds. The molecule has 0 aliphatic rings. The van der Waals surface area contributed by atoms with Gasteiger partial charge in [0, 0.05) is 11.4 Å². The van der Waals surface area contributed by atoms with Gasteiger partial charge in [0.1, 0.15) is 0 Å². The molecular formula is C10H13NS. The second-order valence-corrected chi connectivity index (χ2v) is 3.53. The summed E-state index contributed by atoms with van der Waals surface area (Å²) in [6, 6.07) is 2.18. The van der Waals surface area contributed by atoms with Crippen LogP contribution in [0.4, 0.5) is 0 Å². The van der Waals surface area contributed by atoms with E-state index in [-0.39, 0.29) is 0 Å². The molecule has 12 heavy (non-hydrogen) atoms. The highest BCUT2D eigenvalue weighted by Crippen LogP contribution is 2.16. The monoisotopic (exact) mass is 179 g/mol. The first-order valence-corrected chi connectivity index (χ1v) is 4.96. The summed E-state index contributed by atoms with van der Waals surface area (Å²) in [5.41, 5.74) is 1.43. The average molecular weight is 179 g/mol. The average Bonchev–Trinajstić information content (AvgIpc) is 2.52. The van der Waals surface area contributed by atoms with Gasteiger partial charge in [-0.3, -0.25) is 0 Å². The number of hydrogen-bond acceptors (Lipinski definition) is 2. The SMILES string of the molecule is C#CCNCc1sccc1CC. The highest BCUT2D eigenvalue weighted by atomic mass is 32.1. The van der Waals surface area contributed by atoms with E-state index in [0.717, 1.165) is 13.0 Å². The van der Waals surface area contributed by atoms with E-state index in [1.807, 2.05) is 0 Å². The maximum Gasteiger partial charge on any atom is 0.0576 e. The van der Waals surface area contributed by atoms with Gasteiger partial charge in [-0.1, -0.05) is 12.8 Å². The third-order valence-corrected chi connectivity index (χ3v) is 2.69. The Morgan fingerprint density at radius 2 is 2.50 bits per heavy atom. The largest absolute Gasteiger partial charge is 0.301 e. The van der Waals surface area contributed by atoms with Gasteiger partial charge in [0.15, 0.2) is 0 Å². The van der Waals surface area contributed by atoms with E-state index in [2.05, 4.69) is 29.6 Å². The summed E-state index contributed by atoms with van der Waals surface area (Å²) in [6.45, 7) is 3.73. The van der Waals surface area contributed by atoms with E-state index in [1.165, 1.54) is 10.4 Å². The summed E-state index contributed by atoms with van der Waals surface area (Å²) in [4.78, 5) is 1.41. The molecule has 1 heterocycles. The van der Waals surface area contributed by atoms with Gasteiger partial charge in [-0.05, 0) is 23.4 Å². The van der Waals surface area contributed by atoms with Crippen molar-refractivity contribution in [3.8, 4) is 12.3 Å². The van der Waals surface area contributed by atoms with Crippen molar-refractivity contribution in [3.05, 3.63) is 21.9 Å². The molecule has 1 aromatic heterocycles. The van der Waals surface area contributed by atoms with Gasteiger partial charge in [-0.25, -0.2) is 0 Å². The minimum absolute atomic E-state index is 0.654. The molecule has 0 unspecified atom stereocenters. The fraction of sp³-hybridized carbons (Fsp3) is 0.400. The Morgan fingerprint density at radius 3 is 3.17 bits per heavy atom. The zero-order chi connectivity index (χ0) is 8.81. The highest BCUT2D eigenvalue weighted by Gasteiger charge is 1.99. The molecule has 1 rings (SSSR count). The van der Waals surface area contributed by atoms with Gasteiger partial charge in [-0.15, -0.1) is 17.8 Å². The summed E-state index contributed by atoms with van der Waals surface area (Å²) in [7, 11) is 0. The molecule has 64 valence electrons. The van der Waals surface area contributed by atoms with Crippen LogP contribution >= 0.6 is 11.3 Å². The van der Waals surface area contributed by atoms with Crippen LogP contribution in [0.25, 0.3) is 0 Å². The zero-order valence-corrected chi connectivity index (χ0v) is 8.08. The Hall–Kier alpha value is -0.780. The Kier molecular flexibility index (Phi) is 3.86. The Bertz CT molecular complexity index is 270. The van der Waals surface area contributed by atoms with Crippen LogP contribution in [0.2, 0.25) is 0 Å². The maximum absolute atomic E-state index is 5.13. The van der Waals surface area contributed by atoms with Gasteiger partial charge in [0.2, 0.25) is 0 Å². The molecule has 1 nitrogen and oxygen atoms in total. The van der Waals surface area contributed by atoms with Crippen molar-refractivity contribution in [2.75, 3.05) is 6.54 Å². The van der Waals surface area contributed by atoms with Gasteiger partial charge in [0.25, 0.3) is 0 Å². The lowest BCUT2D eigenvalue weighted by Gasteiger charge is -2.00. The first-order chi connectivity index (χ1) is 5.88. The summed E-state index contributed by atoms with van der Waals surface area (Å²) in [6.07, 6.45) is 6.24. The van der Waals surface area contributed by atoms with Gasteiger partial charge < -0.3 is 5.32 Å². The lowest BCUT2D eigenvalue weighted by molar-refractivity contribution is 0.774. The zero-order valence-electron chi connectivity index (χ0n) is 7.26. The predicted octanol–water partition coefficient (Wildman–Crippen LogP) is 2.03. The van der Waals surface area contributed by atoms with E-state index < -0.39 is 0 Å². The molecule has 1 N–H and O–H groups in total. The maximum atomic E-state index is 5.13. The molecular weight excluding hydrogens is 166 g/mol. The van der Waals surface area contributed by atoms with Crippen LogP contribution in [0.3, 0.4) is 0 Å². The number of terminal acetylenes is 1. The molecule has 0 saturated heterocycles. The molecule has 0 atom stereocenters. The van der Waals surface area contributed by atoms with Crippen LogP contribution in [0, 0.1) is 12.3 Å². The van der Waals surface area contributed by atoms with Crippen LogP contribution in [0.1, 0.15) is 17.4 Å². The smallest absolute Gasteiger partial charge is 0.0576 e. The first-order valence-electron chi connectivity index (χ1n) is 4.08. The third kappa shape index (κ3) is 2.37. The molecule has 1 aromatic rings. The van der Waals surface area contributed by atoms with Gasteiger partial charge in [-0.2, -0.15) is 0 Å². The van der Waals surface area contributed by atoms with E-state index in [4.69, 9.17) is 6.42 Å². The highest BCUT2D eigenvalue weighted by molar-refractivity contribution is 7.10. The lowest BCUT2D eigenvalue weighted by atomic mass is 10.2. The Balaban J connectivity index is 2.46. The molecule has 0 saturated carbocycles. The fourth-order valence-corrected chi connectivity index (χ4v) is 2.03. The predicted molar refractivity (Wildman–Crippen MR) is 54.2 cm³/mol. The number of hydrogen-bond donors (Lipinski definition) is 1. The number of rotatable bonds is 4. The van der Waals surface area contributed by atoms with Crippen LogP contribution in [-0.4, -0.2) is 6.54 Å². The van der Waals surface area contributed by atoms with Crippen molar-refractivity contribution < 1.29 is 0 Å². The lowest BCUT2D eigenvalue weighted by Crippen LogP contribution is -2.12. The standard InChI is InChI=1S/C10H13NS/c1-3-6-11-8-10-9(4-2)5-7-12-10/h1,5,7,11H,4,6,8H2,2H3.